The Balaban J connectivity index is 2.22. The fourth-order valence-corrected chi connectivity index (χ4v) is 3.78. The van der Waals surface area contributed by atoms with Gasteiger partial charge in [0.1, 0.15) is 18.2 Å². The maximum absolute atomic E-state index is 12.4. The molecule has 1 heterocycles. The lowest BCUT2D eigenvalue weighted by Crippen LogP contribution is -2.27. The smallest absolute Gasteiger partial charge is 0.243 e. The molecule has 0 spiro atoms. The Bertz CT molecular complexity index is 607. The fraction of sp³-hybridized carbons (Fsp3) is 0.462. The lowest BCUT2D eigenvalue weighted by atomic mass is 10.2. The summed E-state index contributed by atoms with van der Waals surface area (Å²) in [5, 5.41) is 7.12. The largest absolute Gasteiger partial charge is 0.485 e. The molecule has 0 aromatic heterocycles. The summed E-state index contributed by atoms with van der Waals surface area (Å²) in [5.74, 6) is 0.471. The molecule has 0 aliphatic carbocycles. The number of nitrogens with two attached hydrogens (primary N) is 1. The molecule has 7 heteroatoms. The van der Waals surface area contributed by atoms with E-state index in [2.05, 4.69) is 0 Å². The lowest BCUT2D eigenvalue weighted by Gasteiger charge is -2.16. The van der Waals surface area contributed by atoms with E-state index in [0.717, 1.165) is 12.8 Å². The summed E-state index contributed by atoms with van der Waals surface area (Å²) in [7, 11) is -3.40. The highest BCUT2D eigenvalue weighted by atomic mass is 32.2. The van der Waals surface area contributed by atoms with Crippen molar-refractivity contribution in [2.75, 3.05) is 19.7 Å². The summed E-state index contributed by atoms with van der Waals surface area (Å²) in [6.07, 6.45) is 1.83. The van der Waals surface area contributed by atoms with Crippen molar-refractivity contribution in [3.8, 4) is 5.75 Å². The van der Waals surface area contributed by atoms with E-state index in [1.54, 1.807) is 19.1 Å². The van der Waals surface area contributed by atoms with Crippen molar-refractivity contribution in [2.24, 2.45) is 5.73 Å². The van der Waals surface area contributed by atoms with Crippen LogP contribution in [0.1, 0.15) is 18.4 Å². The van der Waals surface area contributed by atoms with Crippen molar-refractivity contribution in [2.45, 2.75) is 24.7 Å². The number of aryl methyl sites for hydroxylation is 1. The molecule has 0 atom stereocenters. The van der Waals surface area contributed by atoms with Gasteiger partial charge in [0.2, 0.25) is 10.0 Å². The number of rotatable bonds is 5. The third kappa shape index (κ3) is 3.10. The summed E-state index contributed by atoms with van der Waals surface area (Å²) in [5.41, 5.74) is 5.94. The van der Waals surface area contributed by atoms with Crippen LogP contribution in [-0.4, -0.2) is 38.3 Å². The second-order valence-corrected chi connectivity index (χ2v) is 6.79. The first kappa shape index (κ1) is 14.8. The average Bonchev–Trinajstić information content (AvgIpc) is 2.91. The topological polar surface area (TPSA) is 96.5 Å². The van der Waals surface area contributed by atoms with Gasteiger partial charge in [-0.2, -0.15) is 4.31 Å². The van der Waals surface area contributed by atoms with E-state index < -0.39 is 10.0 Å². The fourth-order valence-electron chi connectivity index (χ4n) is 2.18. The molecule has 1 aliphatic rings. The van der Waals surface area contributed by atoms with Gasteiger partial charge in [0.05, 0.1) is 4.90 Å². The van der Waals surface area contributed by atoms with Crippen molar-refractivity contribution >= 4 is 15.9 Å². The van der Waals surface area contributed by atoms with Gasteiger partial charge in [-0.25, -0.2) is 8.42 Å². The SMILES string of the molecule is Cc1cc(S(=O)(=O)N2CCCC2)ccc1OCC(=N)N. The van der Waals surface area contributed by atoms with Crippen LogP contribution in [0, 0.1) is 12.3 Å². The van der Waals surface area contributed by atoms with Crippen LogP contribution in [0.4, 0.5) is 0 Å². The zero-order chi connectivity index (χ0) is 14.8. The van der Waals surface area contributed by atoms with Crippen molar-refractivity contribution in [1.29, 1.82) is 5.41 Å². The lowest BCUT2D eigenvalue weighted by molar-refractivity contribution is 0.371. The molecule has 0 amide bonds. The maximum Gasteiger partial charge on any atom is 0.243 e. The summed E-state index contributed by atoms with van der Waals surface area (Å²) in [4.78, 5) is 0.284. The molecule has 1 saturated heterocycles. The van der Waals surface area contributed by atoms with E-state index in [1.807, 2.05) is 0 Å². The Morgan fingerprint density at radius 2 is 2.05 bits per heavy atom. The van der Waals surface area contributed by atoms with Crippen LogP contribution in [0.5, 0.6) is 5.75 Å². The molecular formula is C13H19N3O3S. The van der Waals surface area contributed by atoms with Gasteiger partial charge in [0.25, 0.3) is 0 Å². The first-order valence-electron chi connectivity index (χ1n) is 6.48. The first-order valence-corrected chi connectivity index (χ1v) is 7.92. The molecular weight excluding hydrogens is 278 g/mol. The van der Waals surface area contributed by atoms with Gasteiger partial charge < -0.3 is 10.5 Å². The number of benzene rings is 1. The van der Waals surface area contributed by atoms with E-state index in [4.69, 9.17) is 15.9 Å². The average molecular weight is 297 g/mol. The van der Waals surface area contributed by atoms with Crippen LogP contribution in [0.2, 0.25) is 0 Å². The Labute approximate surface area is 119 Å². The number of sulfonamides is 1. The number of nitrogens with zero attached hydrogens (tertiary/aromatic N) is 1. The van der Waals surface area contributed by atoms with Crippen molar-refractivity contribution in [3.05, 3.63) is 23.8 Å². The highest BCUT2D eigenvalue weighted by Gasteiger charge is 2.27. The minimum Gasteiger partial charge on any atom is -0.485 e. The van der Waals surface area contributed by atoms with Crippen LogP contribution in [-0.2, 0) is 10.0 Å². The summed E-state index contributed by atoms with van der Waals surface area (Å²) in [6.45, 7) is 2.95. The quantitative estimate of drug-likeness (QED) is 0.628. The van der Waals surface area contributed by atoms with Gasteiger partial charge in [-0.15, -0.1) is 0 Å². The molecule has 1 aliphatic heterocycles. The predicted octanol–water partition coefficient (Wildman–Crippen LogP) is 1.09. The number of nitrogens with one attached hydrogen (secondary N) is 1. The minimum absolute atomic E-state index is 0.000931. The predicted molar refractivity (Wildman–Crippen MR) is 76.6 cm³/mol. The molecule has 0 radical (unpaired) electrons. The molecule has 0 unspecified atom stereocenters. The van der Waals surface area contributed by atoms with Crippen molar-refractivity contribution < 1.29 is 13.2 Å². The molecule has 0 saturated carbocycles. The molecule has 3 N–H and O–H groups in total. The van der Waals surface area contributed by atoms with Crippen LogP contribution < -0.4 is 10.5 Å². The highest BCUT2D eigenvalue weighted by Crippen LogP contribution is 2.25. The van der Waals surface area contributed by atoms with Crippen LogP contribution in [0.3, 0.4) is 0 Å². The van der Waals surface area contributed by atoms with Gasteiger partial charge in [-0.05, 0) is 43.5 Å². The second-order valence-electron chi connectivity index (χ2n) is 4.85. The zero-order valence-corrected chi connectivity index (χ0v) is 12.2. The first-order chi connectivity index (χ1) is 9.41. The van der Waals surface area contributed by atoms with Gasteiger partial charge in [0.15, 0.2) is 0 Å². The normalized spacial score (nSPS) is 16.2. The molecule has 110 valence electrons. The van der Waals surface area contributed by atoms with Gasteiger partial charge in [-0.1, -0.05) is 0 Å². The summed E-state index contributed by atoms with van der Waals surface area (Å²) in [6, 6.07) is 4.75. The Morgan fingerprint density at radius 1 is 1.40 bits per heavy atom. The van der Waals surface area contributed by atoms with E-state index in [0.29, 0.717) is 24.4 Å². The maximum atomic E-state index is 12.4. The standard InChI is InChI=1S/C13H19N3O3S/c1-10-8-11(4-5-12(10)19-9-13(14)15)20(17,18)16-6-2-3-7-16/h4-5,8H,2-3,6-7,9H2,1H3,(H3,14,15). The molecule has 1 aromatic carbocycles. The monoisotopic (exact) mass is 297 g/mol. The molecule has 1 aromatic rings. The van der Waals surface area contributed by atoms with E-state index in [9.17, 15) is 8.42 Å². The van der Waals surface area contributed by atoms with Crippen molar-refractivity contribution in [3.63, 3.8) is 0 Å². The van der Waals surface area contributed by atoms with Gasteiger partial charge in [-0.3, -0.25) is 5.41 Å². The molecule has 20 heavy (non-hydrogen) atoms. The third-order valence-electron chi connectivity index (χ3n) is 3.23. The van der Waals surface area contributed by atoms with Crippen LogP contribution in [0.15, 0.2) is 23.1 Å². The van der Waals surface area contributed by atoms with E-state index in [-0.39, 0.29) is 17.3 Å². The molecule has 1 fully saturated rings. The Kier molecular flexibility index (Phi) is 4.29. The van der Waals surface area contributed by atoms with E-state index >= 15 is 0 Å². The zero-order valence-electron chi connectivity index (χ0n) is 11.4. The van der Waals surface area contributed by atoms with E-state index in [1.165, 1.54) is 10.4 Å². The highest BCUT2D eigenvalue weighted by molar-refractivity contribution is 7.89. The second kappa shape index (κ2) is 5.80. The number of ether oxygens (including phenoxy) is 1. The van der Waals surface area contributed by atoms with Crippen molar-refractivity contribution in [1.82, 2.24) is 4.31 Å². The van der Waals surface area contributed by atoms with Gasteiger partial charge >= 0.3 is 0 Å². The minimum atomic E-state index is -3.40. The molecule has 0 bridgehead atoms. The summed E-state index contributed by atoms with van der Waals surface area (Å²) >= 11 is 0. The molecule has 6 nitrogen and oxygen atoms in total. The van der Waals surface area contributed by atoms with Crippen LogP contribution >= 0.6 is 0 Å². The Hall–Kier alpha value is -1.60. The number of hydrogen-bond acceptors (Lipinski definition) is 4. The number of amidine groups is 1. The number of hydrogen-bond donors (Lipinski definition) is 2. The summed E-state index contributed by atoms with van der Waals surface area (Å²) < 4.78 is 31.6. The van der Waals surface area contributed by atoms with Gasteiger partial charge in [0, 0.05) is 13.1 Å². The Morgan fingerprint density at radius 3 is 2.60 bits per heavy atom. The third-order valence-corrected chi connectivity index (χ3v) is 5.13. The van der Waals surface area contributed by atoms with Crippen LogP contribution in [0.25, 0.3) is 0 Å². The molecule has 2 rings (SSSR count).